The molecular formula is C34H34N2O12S4. The van der Waals surface area contributed by atoms with Gasteiger partial charge >= 0.3 is 29.9 Å². The first-order valence-corrected chi connectivity index (χ1v) is 19.3. The fourth-order valence-electron chi connectivity index (χ4n) is 5.85. The van der Waals surface area contributed by atoms with Gasteiger partial charge in [-0.15, -0.1) is 0 Å². The molecule has 276 valence electrons. The van der Waals surface area contributed by atoms with Crippen molar-refractivity contribution in [3.63, 3.8) is 0 Å². The Bertz CT molecular complexity index is 2080. The molecule has 5 rings (SSSR count). The number of anilines is 1. The number of carbonyl (C=O) groups is 5. The standard InChI is InChI=1S/C34H34N2O12S4/c1-9-48-18-12-15-21-20(16-18)22-27(33(3,4)36(21)32(41)35-52(42,43)19-13-10-17(2)11-14-19)49-24(29(38)45-6)23(28(37)44-5)34(22)50-25(30(39)46-7)26(51-34)31(40)47-8/h10-16H,9H2,1-8H3,(H,35,41). The molecule has 2 aromatic rings. The van der Waals surface area contributed by atoms with Crippen LogP contribution in [0.15, 0.2) is 72.6 Å². The highest BCUT2D eigenvalue weighted by Gasteiger charge is 2.62. The SMILES string of the molecule is CCOc1ccc2c(c1)C1=C(SC(C(=O)OC)=C(C(=O)OC)C13SC(C(=O)OC)=C(C(=O)OC)S3)C(C)(C)N2C(=O)NS(=O)(=O)c1ccc(C)cc1. The third-order valence-corrected chi connectivity index (χ3v) is 14.2. The first kappa shape index (κ1) is 38.8. The number of urea groups is 1. The van der Waals surface area contributed by atoms with Crippen molar-refractivity contribution in [2.24, 2.45) is 0 Å². The molecule has 0 saturated heterocycles. The molecule has 0 bridgehead atoms. The van der Waals surface area contributed by atoms with E-state index in [4.69, 9.17) is 23.7 Å². The molecule has 1 N–H and O–H groups in total. The molecule has 3 aliphatic rings. The minimum absolute atomic E-state index is 0.145. The summed E-state index contributed by atoms with van der Waals surface area (Å²) in [6, 6.07) is 9.64. The van der Waals surface area contributed by atoms with Crippen LogP contribution in [-0.2, 0) is 48.1 Å². The fourth-order valence-corrected chi connectivity index (χ4v) is 11.8. The molecule has 14 nitrogen and oxygen atoms in total. The number of aryl methyl sites for hydroxylation is 1. The van der Waals surface area contributed by atoms with E-state index in [0.29, 0.717) is 11.3 Å². The van der Waals surface area contributed by atoms with E-state index in [1.54, 1.807) is 58.0 Å². The molecule has 0 unspecified atom stereocenters. The Labute approximate surface area is 312 Å². The van der Waals surface area contributed by atoms with Gasteiger partial charge in [-0.1, -0.05) is 53.0 Å². The number of methoxy groups -OCH3 is 4. The van der Waals surface area contributed by atoms with Gasteiger partial charge in [0.15, 0.2) is 0 Å². The van der Waals surface area contributed by atoms with Gasteiger partial charge in [-0.25, -0.2) is 37.1 Å². The van der Waals surface area contributed by atoms with Crippen molar-refractivity contribution in [3.05, 3.63) is 78.8 Å². The van der Waals surface area contributed by atoms with Crippen LogP contribution in [0.1, 0.15) is 31.9 Å². The van der Waals surface area contributed by atoms with E-state index in [1.165, 1.54) is 17.0 Å². The normalized spacial score (nSPS) is 17.3. The third kappa shape index (κ3) is 6.45. The van der Waals surface area contributed by atoms with Crippen molar-refractivity contribution >= 4 is 86.5 Å². The molecule has 3 heterocycles. The zero-order valence-corrected chi connectivity index (χ0v) is 32.5. The highest BCUT2D eigenvalue weighted by molar-refractivity contribution is 8.26. The minimum Gasteiger partial charge on any atom is -0.494 e. The molecule has 3 aliphatic heterocycles. The van der Waals surface area contributed by atoms with Crippen molar-refractivity contribution in [2.75, 3.05) is 39.9 Å². The van der Waals surface area contributed by atoms with E-state index in [9.17, 15) is 32.4 Å². The van der Waals surface area contributed by atoms with E-state index < -0.39 is 49.5 Å². The van der Waals surface area contributed by atoms with E-state index >= 15 is 0 Å². The van der Waals surface area contributed by atoms with Gasteiger partial charge in [0.2, 0.25) is 0 Å². The van der Waals surface area contributed by atoms with Crippen molar-refractivity contribution in [1.29, 1.82) is 0 Å². The number of carbonyl (C=O) groups excluding carboxylic acids is 5. The summed E-state index contributed by atoms with van der Waals surface area (Å²) in [5.41, 5.74) is -0.190. The number of fused-ring (bicyclic) bond motifs is 3. The summed E-state index contributed by atoms with van der Waals surface area (Å²) in [7, 11) is 0.0692. The summed E-state index contributed by atoms with van der Waals surface area (Å²) in [5.74, 6) is -3.42. The number of thioether (sulfide) groups is 3. The largest absolute Gasteiger partial charge is 0.494 e. The second-order valence-corrected chi connectivity index (χ2v) is 17.1. The predicted octanol–water partition coefficient (Wildman–Crippen LogP) is 4.88. The van der Waals surface area contributed by atoms with Crippen molar-refractivity contribution < 1.29 is 56.1 Å². The monoisotopic (exact) mass is 790 g/mol. The number of hydrogen-bond donors (Lipinski definition) is 1. The lowest BCUT2D eigenvalue weighted by atomic mass is 9.83. The summed E-state index contributed by atoms with van der Waals surface area (Å²) in [6.45, 7) is 7.05. The second-order valence-electron chi connectivity index (χ2n) is 11.7. The first-order valence-electron chi connectivity index (χ1n) is 15.4. The summed E-state index contributed by atoms with van der Waals surface area (Å²) in [5, 5.41) is 0. The lowest BCUT2D eigenvalue weighted by molar-refractivity contribution is -0.138. The van der Waals surface area contributed by atoms with Crippen LogP contribution in [0.25, 0.3) is 5.57 Å². The highest BCUT2D eigenvalue weighted by Crippen LogP contribution is 2.71. The quantitative estimate of drug-likeness (QED) is 0.282. The number of esters is 4. The van der Waals surface area contributed by atoms with Crippen molar-refractivity contribution in [1.82, 2.24) is 4.72 Å². The van der Waals surface area contributed by atoms with Crippen LogP contribution >= 0.6 is 35.3 Å². The van der Waals surface area contributed by atoms with Gasteiger partial charge in [0.1, 0.15) is 24.5 Å². The van der Waals surface area contributed by atoms with Crippen molar-refractivity contribution in [2.45, 2.75) is 42.2 Å². The van der Waals surface area contributed by atoms with Gasteiger partial charge in [-0.2, -0.15) is 0 Å². The molecule has 52 heavy (non-hydrogen) atoms. The predicted molar refractivity (Wildman–Crippen MR) is 196 cm³/mol. The second kappa shape index (κ2) is 14.6. The Morgan fingerprint density at radius 2 is 1.33 bits per heavy atom. The molecule has 0 atom stereocenters. The number of sulfonamides is 1. The summed E-state index contributed by atoms with van der Waals surface area (Å²) in [4.78, 5) is 69.0. The topological polar surface area (TPSA) is 181 Å². The summed E-state index contributed by atoms with van der Waals surface area (Å²) >= 11 is 2.34. The number of amides is 2. The molecule has 0 fully saturated rings. The smallest absolute Gasteiger partial charge is 0.345 e. The average Bonchev–Trinajstić information content (AvgIpc) is 3.50. The van der Waals surface area contributed by atoms with Gasteiger partial charge in [0.05, 0.1) is 56.7 Å². The Morgan fingerprint density at radius 3 is 1.85 bits per heavy atom. The fraction of sp³-hybridized carbons (Fsp3) is 0.324. The highest BCUT2D eigenvalue weighted by atomic mass is 32.2. The number of benzene rings is 2. The third-order valence-electron chi connectivity index (χ3n) is 8.18. The molecule has 0 saturated carbocycles. The number of nitrogens with one attached hydrogen (secondary N) is 1. The maximum Gasteiger partial charge on any atom is 0.345 e. The number of hydrogen-bond acceptors (Lipinski definition) is 15. The average molecular weight is 791 g/mol. The Hall–Kier alpha value is -4.39. The molecule has 0 aromatic heterocycles. The Morgan fingerprint density at radius 1 is 0.788 bits per heavy atom. The van der Waals surface area contributed by atoms with Crippen LogP contribution in [0.5, 0.6) is 5.75 Å². The lowest BCUT2D eigenvalue weighted by Gasteiger charge is -2.50. The van der Waals surface area contributed by atoms with Crippen LogP contribution in [0.2, 0.25) is 0 Å². The molecule has 2 amide bonds. The first-order chi connectivity index (χ1) is 24.5. The van der Waals surface area contributed by atoms with Gasteiger partial charge in [-0.3, -0.25) is 4.90 Å². The van der Waals surface area contributed by atoms with Crippen LogP contribution in [-0.4, -0.2) is 83.0 Å². The van der Waals surface area contributed by atoms with Gasteiger partial charge in [-0.05, 0) is 58.0 Å². The van der Waals surface area contributed by atoms with Gasteiger partial charge < -0.3 is 23.7 Å². The lowest BCUT2D eigenvalue weighted by Crippen LogP contribution is -2.57. The molecule has 18 heteroatoms. The Kier molecular flexibility index (Phi) is 10.9. The van der Waals surface area contributed by atoms with Crippen LogP contribution in [0.4, 0.5) is 10.5 Å². The minimum atomic E-state index is -4.39. The van der Waals surface area contributed by atoms with Crippen LogP contribution < -0.4 is 14.4 Å². The van der Waals surface area contributed by atoms with Gasteiger partial charge in [0.25, 0.3) is 10.0 Å². The van der Waals surface area contributed by atoms with Crippen LogP contribution in [0.3, 0.4) is 0 Å². The molecule has 0 aliphatic carbocycles. The maximum absolute atomic E-state index is 14.3. The molecule has 1 spiro atoms. The van der Waals surface area contributed by atoms with E-state index in [0.717, 1.165) is 69.3 Å². The zero-order chi connectivity index (χ0) is 38.3. The maximum atomic E-state index is 14.3. The number of rotatable bonds is 8. The molecule has 0 radical (unpaired) electrons. The zero-order valence-electron chi connectivity index (χ0n) is 29.2. The number of ether oxygens (including phenoxy) is 5. The Balaban J connectivity index is 1.84. The van der Waals surface area contributed by atoms with E-state index in [2.05, 4.69) is 4.72 Å². The molecule has 2 aromatic carbocycles. The summed E-state index contributed by atoms with van der Waals surface area (Å²) < 4.78 is 53.6. The summed E-state index contributed by atoms with van der Waals surface area (Å²) in [6.07, 6.45) is 0. The van der Waals surface area contributed by atoms with Gasteiger partial charge in [0, 0.05) is 16.0 Å². The van der Waals surface area contributed by atoms with Crippen LogP contribution in [0, 0.1) is 6.92 Å². The number of nitrogens with zero attached hydrogens (tertiary/aromatic N) is 1. The van der Waals surface area contributed by atoms with E-state index in [1.807, 2.05) is 0 Å². The van der Waals surface area contributed by atoms with Crippen molar-refractivity contribution in [3.8, 4) is 5.75 Å². The van der Waals surface area contributed by atoms with E-state index in [-0.39, 0.29) is 47.9 Å². The molecular weight excluding hydrogens is 757 g/mol.